The molecule has 0 bridgehead atoms. The van der Waals surface area contributed by atoms with Gasteiger partial charge in [-0.15, -0.1) is 0 Å². The number of alkyl halides is 3. The van der Waals surface area contributed by atoms with Crippen LogP contribution in [0.2, 0.25) is 0 Å². The summed E-state index contributed by atoms with van der Waals surface area (Å²) in [5.41, 5.74) is 0.351. The van der Waals surface area contributed by atoms with E-state index in [0.717, 1.165) is 12.3 Å². The fraction of sp³-hybridized carbons (Fsp3) is 0.333. The van der Waals surface area contributed by atoms with Crippen LogP contribution in [0.1, 0.15) is 32.4 Å². The monoisotopic (exact) mass is 381 g/mol. The average molecular weight is 381 g/mol. The molecule has 3 aromatic rings. The molecule has 2 heterocycles. The minimum Gasteiger partial charge on any atom is -0.306 e. The van der Waals surface area contributed by atoms with Crippen molar-refractivity contribution in [3.63, 3.8) is 0 Å². The topological polar surface area (TPSA) is 47.8 Å². The van der Waals surface area contributed by atoms with Crippen LogP contribution in [0, 0.1) is 0 Å². The van der Waals surface area contributed by atoms with Crippen LogP contribution in [-0.4, -0.2) is 24.5 Å². The third-order valence-corrected chi connectivity index (χ3v) is 5.38. The molecule has 138 valence electrons. The van der Waals surface area contributed by atoms with E-state index in [9.17, 15) is 17.4 Å². The standard InChI is InChI=1S/C18H18F3N3OS/c1-4-26(25)15-8-6-5-7-13(15)16-23-14-9-12(18(19,20)21)10-22-17(14)24(16)11(2)3/h5-11H,4H2,1-3H3. The Kier molecular flexibility index (Phi) is 4.88. The lowest BCUT2D eigenvalue weighted by molar-refractivity contribution is -0.137. The number of fused-ring (bicyclic) bond motifs is 1. The summed E-state index contributed by atoms with van der Waals surface area (Å²) in [7, 11) is -1.22. The predicted octanol–water partition coefficient (Wildman–Crippen LogP) is 4.83. The van der Waals surface area contributed by atoms with Gasteiger partial charge in [-0.2, -0.15) is 13.2 Å². The van der Waals surface area contributed by atoms with Gasteiger partial charge in [0.1, 0.15) is 11.3 Å². The molecular weight excluding hydrogens is 363 g/mol. The molecule has 0 saturated carbocycles. The average Bonchev–Trinajstić information content (AvgIpc) is 2.99. The van der Waals surface area contributed by atoms with Crippen molar-refractivity contribution in [2.75, 3.05) is 5.75 Å². The Bertz CT molecular complexity index is 979. The van der Waals surface area contributed by atoms with E-state index >= 15 is 0 Å². The van der Waals surface area contributed by atoms with Crippen molar-refractivity contribution in [3.8, 4) is 11.4 Å². The molecule has 0 amide bonds. The van der Waals surface area contributed by atoms with Gasteiger partial charge in [0.2, 0.25) is 0 Å². The number of benzene rings is 1. The van der Waals surface area contributed by atoms with Gasteiger partial charge in [0.25, 0.3) is 0 Å². The highest BCUT2D eigenvalue weighted by Crippen LogP contribution is 2.34. The summed E-state index contributed by atoms with van der Waals surface area (Å²) >= 11 is 0. The van der Waals surface area contributed by atoms with Crippen LogP contribution >= 0.6 is 0 Å². The first-order chi connectivity index (χ1) is 12.2. The summed E-state index contributed by atoms with van der Waals surface area (Å²) < 4.78 is 53.2. The summed E-state index contributed by atoms with van der Waals surface area (Å²) in [5.74, 6) is 0.911. The molecular formula is C18H18F3N3OS. The normalized spacial score (nSPS) is 13.5. The molecule has 4 nitrogen and oxygen atoms in total. The van der Waals surface area contributed by atoms with Crippen molar-refractivity contribution < 1.29 is 17.4 Å². The van der Waals surface area contributed by atoms with E-state index < -0.39 is 22.5 Å². The SMILES string of the molecule is CCS(=O)c1ccccc1-c1nc2cc(C(F)(F)F)cnc2n1C(C)C. The van der Waals surface area contributed by atoms with Gasteiger partial charge in [0.05, 0.1) is 16.4 Å². The summed E-state index contributed by atoms with van der Waals surface area (Å²) in [6.45, 7) is 5.63. The maximum atomic E-state index is 13.0. The summed E-state index contributed by atoms with van der Waals surface area (Å²) in [6.07, 6.45) is -3.66. The first-order valence-corrected chi connectivity index (χ1v) is 9.48. The second-order valence-electron chi connectivity index (χ2n) is 6.09. The van der Waals surface area contributed by atoms with Gasteiger partial charge in [0.15, 0.2) is 5.65 Å². The molecule has 0 spiro atoms. The van der Waals surface area contributed by atoms with Crippen LogP contribution in [0.25, 0.3) is 22.6 Å². The Morgan fingerprint density at radius 3 is 2.54 bits per heavy atom. The molecule has 0 aliphatic rings. The molecule has 1 unspecified atom stereocenters. The molecule has 3 rings (SSSR count). The Morgan fingerprint density at radius 2 is 1.92 bits per heavy atom. The number of hydrogen-bond acceptors (Lipinski definition) is 3. The fourth-order valence-corrected chi connectivity index (χ4v) is 3.77. The minimum atomic E-state index is -4.48. The van der Waals surface area contributed by atoms with Crippen LogP contribution in [0.5, 0.6) is 0 Å². The van der Waals surface area contributed by atoms with Gasteiger partial charge >= 0.3 is 6.18 Å². The Hall–Kier alpha value is -2.22. The third-order valence-electron chi connectivity index (χ3n) is 4.01. The molecule has 2 aromatic heterocycles. The zero-order chi connectivity index (χ0) is 19.1. The quantitative estimate of drug-likeness (QED) is 0.651. The van der Waals surface area contributed by atoms with Crippen molar-refractivity contribution in [2.24, 2.45) is 0 Å². The molecule has 1 atom stereocenters. The van der Waals surface area contributed by atoms with Crippen LogP contribution < -0.4 is 0 Å². The lowest BCUT2D eigenvalue weighted by Gasteiger charge is -2.14. The van der Waals surface area contributed by atoms with Crippen molar-refractivity contribution in [2.45, 2.75) is 37.9 Å². The first-order valence-electron chi connectivity index (χ1n) is 8.17. The van der Waals surface area contributed by atoms with E-state index in [-0.39, 0.29) is 11.6 Å². The number of pyridine rings is 1. The smallest absolute Gasteiger partial charge is 0.306 e. The largest absolute Gasteiger partial charge is 0.417 e. The number of nitrogens with zero attached hydrogens (tertiary/aromatic N) is 3. The molecule has 0 N–H and O–H groups in total. The Balaban J connectivity index is 2.30. The summed E-state index contributed by atoms with van der Waals surface area (Å²) in [5, 5.41) is 0. The number of hydrogen-bond donors (Lipinski definition) is 0. The molecule has 8 heteroatoms. The molecule has 26 heavy (non-hydrogen) atoms. The van der Waals surface area contributed by atoms with E-state index in [0.29, 0.717) is 27.7 Å². The molecule has 0 aliphatic heterocycles. The summed E-state index contributed by atoms with van der Waals surface area (Å²) in [6, 6.07) is 8.05. The van der Waals surface area contributed by atoms with E-state index in [4.69, 9.17) is 0 Å². The van der Waals surface area contributed by atoms with E-state index in [1.54, 1.807) is 28.8 Å². The molecule has 1 aromatic carbocycles. The van der Waals surface area contributed by atoms with Gasteiger partial charge in [-0.1, -0.05) is 25.1 Å². The lowest BCUT2D eigenvalue weighted by Crippen LogP contribution is -2.08. The highest BCUT2D eigenvalue weighted by atomic mass is 32.2. The first kappa shape index (κ1) is 18.6. The van der Waals surface area contributed by atoms with Gasteiger partial charge in [-0.25, -0.2) is 9.97 Å². The van der Waals surface area contributed by atoms with E-state index in [1.165, 1.54) is 0 Å². The van der Waals surface area contributed by atoms with Crippen LogP contribution in [-0.2, 0) is 17.0 Å². The van der Waals surface area contributed by atoms with Gasteiger partial charge in [0, 0.05) is 28.5 Å². The van der Waals surface area contributed by atoms with Gasteiger partial charge in [-0.3, -0.25) is 4.21 Å². The number of aromatic nitrogens is 3. The Morgan fingerprint density at radius 1 is 1.23 bits per heavy atom. The number of halogens is 3. The minimum absolute atomic E-state index is 0.0812. The Labute approximate surface area is 151 Å². The molecule has 0 saturated heterocycles. The molecule has 0 aliphatic carbocycles. The third kappa shape index (κ3) is 3.25. The van der Waals surface area contributed by atoms with Crippen LogP contribution in [0.3, 0.4) is 0 Å². The zero-order valence-corrected chi connectivity index (χ0v) is 15.4. The zero-order valence-electron chi connectivity index (χ0n) is 14.5. The molecule has 0 fully saturated rings. The number of imidazole rings is 1. The van der Waals surface area contributed by atoms with Crippen molar-refractivity contribution >= 4 is 22.0 Å². The van der Waals surface area contributed by atoms with E-state index in [1.807, 2.05) is 20.8 Å². The van der Waals surface area contributed by atoms with Crippen LogP contribution in [0.15, 0.2) is 41.4 Å². The second-order valence-corrected chi connectivity index (χ2v) is 7.80. The predicted molar refractivity (Wildman–Crippen MR) is 95.3 cm³/mol. The molecule has 0 radical (unpaired) electrons. The van der Waals surface area contributed by atoms with Crippen molar-refractivity contribution in [3.05, 3.63) is 42.1 Å². The maximum absolute atomic E-state index is 13.0. The van der Waals surface area contributed by atoms with Gasteiger partial charge < -0.3 is 4.57 Å². The summed E-state index contributed by atoms with van der Waals surface area (Å²) in [4.78, 5) is 9.05. The highest BCUT2D eigenvalue weighted by Gasteiger charge is 2.32. The second kappa shape index (κ2) is 6.83. The van der Waals surface area contributed by atoms with Crippen molar-refractivity contribution in [1.82, 2.24) is 14.5 Å². The van der Waals surface area contributed by atoms with Crippen molar-refractivity contribution in [1.29, 1.82) is 0 Å². The van der Waals surface area contributed by atoms with Crippen LogP contribution in [0.4, 0.5) is 13.2 Å². The number of rotatable bonds is 4. The van der Waals surface area contributed by atoms with E-state index in [2.05, 4.69) is 9.97 Å². The van der Waals surface area contributed by atoms with Gasteiger partial charge in [-0.05, 0) is 26.0 Å². The maximum Gasteiger partial charge on any atom is 0.417 e. The lowest BCUT2D eigenvalue weighted by atomic mass is 10.2. The highest BCUT2D eigenvalue weighted by molar-refractivity contribution is 7.85. The fourth-order valence-electron chi connectivity index (χ4n) is 2.82.